The van der Waals surface area contributed by atoms with Crippen LogP contribution in [0.5, 0.6) is 0 Å². The summed E-state index contributed by atoms with van der Waals surface area (Å²) in [5.74, 6) is -0.566. The Morgan fingerprint density at radius 1 is 1.53 bits per heavy atom. The van der Waals surface area contributed by atoms with Crippen molar-refractivity contribution in [2.75, 3.05) is 13.1 Å². The second kappa shape index (κ2) is 5.67. The van der Waals surface area contributed by atoms with E-state index in [-0.39, 0.29) is 17.4 Å². The van der Waals surface area contributed by atoms with Gasteiger partial charge in [-0.15, -0.1) is 0 Å². The Morgan fingerprint density at radius 2 is 2.26 bits per heavy atom. The van der Waals surface area contributed by atoms with E-state index in [0.717, 1.165) is 19.5 Å². The van der Waals surface area contributed by atoms with Gasteiger partial charge in [-0.2, -0.15) is 0 Å². The zero-order valence-corrected chi connectivity index (χ0v) is 11.1. The van der Waals surface area contributed by atoms with Gasteiger partial charge in [0.2, 0.25) is 5.91 Å². The fraction of sp³-hybridized carbons (Fsp3) is 0.500. The van der Waals surface area contributed by atoms with Gasteiger partial charge in [-0.1, -0.05) is 13.0 Å². The van der Waals surface area contributed by atoms with Crippen LogP contribution in [0.4, 0.5) is 4.39 Å². The van der Waals surface area contributed by atoms with Crippen LogP contribution < -0.4 is 11.5 Å². The highest BCUT2D eigenvalue weighted by atomic mass is 19.1. The van der Waals surface area contributed by atoms with Gasteiger partial charge in [0.05, 0.1) is 0 Å². The molecule has 1 heterocycles. The standard InChI is InChI=1S/C14H20FN3O/c1-9-7-18(5-4-13(9)16)8-11-3-2-10(14(17)19)6-12(11)15/h2-3,6,9,13H,4-5,7-8,16H2,1H3,(H2,17,19). The summed E-state index contributed by atoms with van der Waals surface area (Å²) in [6, 6.07) is 4.64. The molecule has 4 N–H and O–H groups in total. The van der Waals surface area contributed by atoms with Gasteiger partial charge < -0.3 is 11.5 Å². The van der Waals surface area contributed by atoms with Gasteiger partial charge in [0.25, 0.3) is 0 Å². The lowest BCUT2D eigenvalue weighted by molar-refractivity contribution is 0.0999. The summed E-state index contributed by atoms with van der Waals surface area (Å²) in [5, 5.41) is 0. The van der Waals surface area contributed by atoms with Crippen molar-refractivity contribution in [2.24, 2.45) is 17.4 Å². The Balaban J connectivity index is 2.05. The highest BCUT2D eigenvalue weighted by Crippen LogP contribution is 2.19. The minimum Gasteiger partial charge on any atom is -0.366 e. The molecule has 2 rings (SSSR count). The zero-order chi connectivity index (χ0) is 14.0. The van der Waals surface area contributed by atoms with E-state index in [1.807, 2.05) is 0 Å². The van der Waals surface area contributed by atoms with E-state index in [9.17, 15) is 9.18 Å². The molecule has 4 nitrogen and oxygen atoms in total. The van der Waals surface area contributed by atoms with Gasteiger partial charge >= 0.3 is 0 Å². The molecule has 2 atom stereocenters. The maximum atomic E-state index is 13.9. The van der Waals surface area contributed by atoms with Crippen molar-refractivity contribution in [1.29, 1.82) is 0 Å². The van der Waals surface area contributed by atoms with Crippen LogP contribution in [0, 0.1) is 11.7 Å². The summed E-state index contributed by atoms with van der Waals surface area (Å²) in [5.41, 5.74) is 11.9. The van der Waals surface area contributed by atoms with Crippen molar-refractivity contribution in [3.8, 4) is 0 Å². The topological polar surface area (TPSA) is 72.3 Å². The number of amides is 1. The van der Waals surface area contributed by atoms with E-state index in [1.54, 1.807) is 12.1 Å². The number of nitrogens with two attached hydrogens (primary N) is 2. The third-order valence-corrected chi connectivity index (χ3v) is 3.79. The predicted octanol–water partition coefficient (Wildman–Crippen LogP) is 1.09. The van der Waals surface area contributed by atoms with E-state index in [0.29, 0.717) is 18.0 Å². The quantitative estimate of drug-likeness (QED) is 0.859. The molecule has 0 saturated carbocycles. The number of piperidine rings is 1. The molecule has 0 bridgehead atoms. The minimum absolute atomic E-state index is 0.204. The van der Waals surface area contributed by atoms with Gasteiger partial charge in [0.15, 0.2) is 0 Å². The first-order valence-corrected chi connectivity index (χ1v) is 6.53. The predicted molar refractivity (Wildman–Crippen MR) is 72.0 cm³/mol. The Hall–Kier alpha value is -1.46. The minimum atomic E-state index is -0.608. The molecule has 104 valence electrons. The summed E-state index contributed by atoms with van der Waals surface area (Å²) < 4.78 is 13.9. The lowest BCUT2D eigenvalue weighted by Crippen LogP contribution is -2.45. The maximum Gasteiger partial charge on any atom is 0.248 e. The van der Waals surface area contributed by atoms with Crippen LogP contribution in [-0.2, 0) is 6.54 Å². The number of halogens is 1. The summed E-state index contributed by atoms with van der Waals surface area (Å²) >= 11 is 0. The molecule has 19 heavy (non-hydrogen) atoms. The number of rotatable bonds is 3. The molecule has 1 amide bonds. The average molecular weight is 265 g/mol. The molecule has 1 aromatic carbocycles. The number of likely N-dealkylation sites (tertiary alicyclic amines) is 1. The van der Waals surface area contributed by atoms with Gasteiger partial charge in [-0.25, -0.2) is 4.39 Å². The van der Waals surface area contributed by atoms with Gasteiger partial charge in [-0.05, 0) is 31.0 Å². The molecule has 5 heteroatoms. The normalized spacial score (nSPS) is 24.4. The highest BCUT2D eigenvalue weighted by molar-refractivity contribution is 5.92. The van der Waals surface area contributed by atoms with E-state index in [2.05, 4.69) is 11.8 Å². The van der Waals surface area contributed by atoms with Crippen molar-refractivity contribution in [2.45, 2.75) is 25.9 Å². The number of primary amides is 1. The largest absolute Gasteiger partial charge is 0.366 e. The van der Waals surface area contributed by atoms with E-state index in [1.165, 1.54) is 6.07 Å². The third-order valence-electron chi connectivity index (χ3n) is 3.79. The molecule has 1 saturated heterocycles. The molecule has 1 aliphatic rings. The average Bonchev–Trinajstić information content (AvgIpc) is 2.36. The van der Waals surface area contributed by atoms with Crippen LogP contribution in [0.2, 0.25) is 0 Å². The van der Waals surface area contributed by atoms with Crippen LogP contribution in [0.3, 0.4) is 0 Å². The Labute approximate surface area is 112 Å². The van der Waals surface area contributed by atoms with E-state index >= 15 is 0 Å². The Morgan fingerprint density at radius 3 is 2.84 bits per heavy atom. The van der Waals surface area contributed by atoms with Gasteiger partial charge in [0.1, 0.15) is 5.82 Å². The number of hydrogen-bond donors (Lipinski definition) is 2. The SMILES string of the molecule is CC1CN(Cc2ccc(C(N)=O)cc2F)CCC1N. The van der Waals surface area contributed by atoms with Crippen LogP contribution in [0.1, 0.15) is 29.3 Å². The first kappa shape index (κ1) is 14.0. The summed E-state index contributed by atoms with van der Waals surface area (Å²) in [6.07, 6.45) is 0.933. The lowest BCUT2D eigenvalue weighted by atomic mass is 9.94. The second-order valence-corrected chi connectivity index (χ2v) is 5.34. The zero-order valence-electron chi connectivity index (χ0n) is 11.1. The first-order valence-electron chi connectivity index (χ1n) is 6.53. The number of hydrogen-bond acceptors (Lipinski definition) is 3. The molecule has 0 aromatic heterocycles. The lowest BCUT2D eigenvalue weighted by Gasteiger charge is -2.35. The van der Waals surface area contributed by atoms with Crippen molar-refractivity contribution < 1.29 is 9.18 Å². The van der Waals surface area contributed by atoms with Crippen molar-refractivity contribution >= 4 is 5.91 Å². The number of carbonyl (C=O) groups is 1. The number of nitrogens with zero attached hydrogens (tertiary/aromatic N) is 1. The Kier molecular flexibility index (Phi) is 4.17. The van der Waals surface area contributed by atoms with Gasteiger partial charge in [-0.3, -0.25) is 9.69 Å². The Bertz CT molecular complexity index is 478. The maximum absolute atomic E-state index is 13.9. The summed E-state index contributed by atoms with van der Waals surface area (Å²) in [7, 11) is 0. The van der Waals surface area contributed by atoms with Crippen molar-refractivity contribution in [3.05, 3.63) is 35.1 Å². The molecular formula is C14H20FN3O. The second-order valence-electron chi connectivity index (χ2n) is 5.34. The molecule has 0 radical (unpaired) electrons. The smallest absolute Gasteiger partial charge is 0.248 e. The van der Waals surface area contributed by atoms with Crippen LogP contribution in [-0.4, -0.2) is 29.9 Å². The van der Waals surface area contributed by atoms with Crippen molar-refractivity contribution in [1.82, 2.24) is 4.90 Å². The van der Waals surface area contributed by atoms with E-state index in [4.69, 9.17) is 11.5 Å². The van der Waals surface area contributed by atoms with E-state index < -0.39 is 5.91 Å². The highest BCUT2D eigenvalue weighted by Gasteiger charge is 2.23. The first-order chi connectivity index (χ1) is 8.97. The fourth-order valence-corrected chi connectivity index (χ4v) is 2.46. The molecule has 2 unspecified atom stereocenters. The van der Waals surface area contributed by atoms with Crippen LogP contribution in [0.15, 0.2) is 18.2 Å². The fourth-order valence-electron chi connectivity index (χ4n) is 2.46. The van der Waals surface area contributed by atoms with Crippen LogP contribution >= 0.6 is 0 Å². The molecule has 1 aliphatic heterocycles. The van der Waals surface area contributed by atoms with Crippen LogP contribution in [0.25, 0.3) is 0 Å². The molecule has 1 fully saturated rings. The molecule has 1 aromatic rings. The molecular weight excluding hydrogens is 245 g/mol. The molecule has 0 aliphatic carbocycles. The summed E-state index contributed by atoms with van der Waals surface area (Å²) in [4.78, 5) is 13.2. The van der Waals surface area contributed by atoms with Gasteiger partial charge in [0, 0.05) is 30.3 Å². The summed E-state index contributed by atoms with van der Waals surface area (Å²) in [6.45, 7) is 4.41. The van der Waals surface area contributed by atoms with Crippen molar-refractivity contribution in [3.63, 3.8) is 0 Å². The molecule has 0 spiro atoms. The number of carbonyl (C=O) groups excluding carboxylic acids is 1. The number of benzene rings is 1. The third kappa shape index (κ3) is 3.30. The monoisotopic (exact) mass is 265 g/mol.